The minimum absolute atomic E-state index is 0.0511. The highest BCUT2D eigenvalue weighted by Crippen LogP contribution is 2.18. The predicted molar refractivity (Wildman–Crippen MR) is 107 cm³/mol. The molecule has 0 saturated carbocycles. The van der Waals surface area contributed by atoms with Crippen molar-refractivity contribution in [3.8, 4) is 0 Å². The normalized spacial score (nSPS) is 17.4. The van der Waals surface area contributed by atoms with Gasteiger partial charge in [0.05, 0.1) is 17.7 Å². The number of nitrogens with two attached hydrogens (primary N) is 1. The maximum absolute atomic E-state index is 12.3. The van der Waals surface area contributed by atoms with Gasteiger partial charge in [-0.3, -0.25) is 19.2 Å². The molecule has 2 heterocycles. The van der Waals surface area contributed by atoms with E-state index in [1.807, 2.05) is 12.1 Å². The summed E-state index contributed by atoms with van der Waals surface area (Å²) in [6.45, 7) is 5.84. The molecule has 3 N–H and O–H groups in total. The van der Waals surface area contributed by atoms with Gasteiger partial charge in [0.25, 0.3) is 5.91 Å². The van der Waals surface area contributed by atoms with E-state index in [1.54, 1.807) is 17.1 Å². The van der Waals surface area contributed by atoms with Gasteiger partial charge in [-0.15, -0.1) is 0 Å². The highest BCUT2D eigenvalue weighted by Gasteiger charge is 2.23. The van der Waals surface area contributed by atoms with Crippen LogP contribution >= 0.6 is 0 Å². The van der Waals surface area contributed by atoms with Gasteiger partial charge in [-0.2, -0.15) is 5.10 Å². The zero-order valence-electron chi connectivity index (χ0n) is 16.4. The number of aryl methyl sites for hydroxylation is 1. The summed E-state index contributed by atoms with van der Waals surface area (Å²) in [4.78, 5) is 26.1. The first-order valence-electron chi connectivity index (χ1n) is 9.95. The van der Waals surface area contributed by atoms with Gasteiger partial charge in [0.2, 0.25) is 5.91 Å². The average Bonchev–Trinajstić information content (AvgIpc) is 3.16. The Morgan fingerprint density at radius 3 is 2.93 bits per heavy atom. The van der Waals surface area contributed by atoms with Crippen molar-refractivity contribution in [1.29, 1.82) is 0 Å². The van der Waals surface area contributed by atoms with Gasteiger partial charge in [0.1, 0.15) is 0 Å². The number of benzene rings is 1. The van der Waals surface area contributed by atoms with Gasteiger partial charge in [-0.25, -0.2) is 0 Å². The van der Waals surface area contributed by atoms with Crippen LogP contribution in [0.1, 0.15) is 47.7 Å². The molecule has 0 aliphatic carbocycles. The van der Waals surface area contributed by atoms with Gasteiger partial charge < -0.3 is 11.1 Å². The molecule has 0 spiro atoms. The molecule has 0 bridgehead atoms. The van der Waals surface area contributed by atoms with Crippen LogP contribution < -0.4 is 11.1 Å². The summed E-state index contributed by atoms with van der Waals surface area (Å²) >= 11 is 0. The van der Waals surface area contributed by atoms with E-state index in [0.29, 0.717) is 12.1 Å². The quantitative estimate of drug-likeness (QED) is 0.728. The summed E-state index contributed by atoms with van der Waals surface area (Å²) in [6.07, 6.45) is 6.24. The summed E-state index contributed by atoms with van der Waals surface area (Å²) in [6, 6.07) is 8.20. The van der Waals surface area contributed by atoms with Crippen LogP contribution in [-0.2, 0) is 24.4 Å². The second-order valence-electron chi connectivity index (χ2n) is 7.47. The largest absolute Gasteiger partial charge is 0.369 e. The lowest BCUT2D eigenvalue weighted by Crippen LogP contribution is -2.40. The van der Waals surface area contributed by atoms with Crippen LogP contribution in [0.25, 0.3) is 0 Å². The van der Waals surface area contributed by atoms with E-state index in [1.165, 1.54) is 5.56 Å². The number of amides is 2. The zero-order valence-corrected chi connectivity index (χ0v) is 16.4. The molecule has 2 aromatic rings. The Morgan fingerprint density at radius 1 is 1.32 bits per heavy atom. The summed E-state index contributed by atoms with van der Waals surface area (Å²) in [5.41, 5.74) is 8.27. The number of likely N-dealkylation sites (tertiary alicyclic amines) is 1. The highest BCUT2D eigenvalue weighted by atomic mass is 16.2. The molecule has 0 radical (unpaired) electrons. The number of carbonyl (C=O) groups excluding carboxylic acids is 2. The van der Waals surface area contributed by atoms with E-state index in [4.69, 9.17) is 5.73 Å². The molecular weight excluding hydrogens is 354 g/mol. The molecule has 3 rings (SSSR count). The maximum Gasteiger partial charge on any atom is 0.254 e. The third kappa shape index (κ3) is 5.42. The average molecular weight is 383 g/mol. The SMILES string of the molecule is CCCn1cc(C(=O)NCc2cccc(CN3CCCC(C(N)=O)C3)c2)cn1. The Bertz CT molecular complexity index is 817. The first-order valence-corrected chi connectivity index (χ1v) is 9.95. The highest BCUT2D eigenvalue weighted by molar-refractivity contribution is 5.93. The van der Waals surface area contributed by atoms with Crippen LogP contribution in [-0.4, -0.2) is 39.6 Å². The number of aromatic nitrogens is 2. The Hall–Kier alpha value is -2.67. The molecule has 1 fully saturated rings. The topological polar surface area (TPSA) is 93.3 Å². The van der Waals surface area contributed by atoms with Gasteiger partial charge in [0.15, 0.2) is 0 Å². The van der Waals surface area contributed by atoms with E-state index in [9.17, 15) is 9.59 Å². The number of hydrogen-bond acceptors (Lipinski definition) is 4. The van der Waals surface area contributed by atoms with E-state index >= 15 is 0 Å². The molecule has 1 aliphatic heterocycles. The van der Waals surface area contributed by atoms with E-state index in [2.05, 4.69) is 34.4 Å². The standard InChI is InChI=1S/C21H29N5O2/c1-2-8-26-15-19(12-24-26)21(28)23-11-16-5-3-6-17(10-16)13-25-9-4-7-18(14-25)20(22)27/h3,5-6,10,12,15,18H,2,4,7-9,11,13-14H2,1H3,(H2,22,27)(H,23,28). The second kappa shape index (κ2) is 9.50. The van der Waals surface area contributed by atoms with Crippen LogP contribution in [0, 0.1) is 5.92 Å². The minimum atomic E-state index is -0.205. The number of nitrogens with one attached hydrogen (secondary N) is 1. The minimum Gasteiger partial charge on any atom is -0.369 e. The molecule has 7 nitrogen and oxygen atoms in total. The van der Waals surface area contributed by atoms with Gasteiger partial charge in [-0.05, 0) is 36.9 Å². The Morgan fingerprint density at radius 2 is 2.14 bits per heavy atom. The van der Waals surface area contributed by atoms with Gasteiger partial charge in [0, 0.05) is 32.4 Å². The van der Waals surface area contributed by atoms with Crippen molar-refractivity contribution < 1.29 is 9.59 Å². The van der Waals surface area contributed by atoms with E-state index in [0.717, 1.165) is 51.0 Å². The third-order valence-electron chi connectivity index (χ3n) is 5.11. The number of carbonyl (C=O) groups is 2. The number of rotatable bonds is 8. The Balaban J connectivity index is 1.54. The molecule has 1 atom stereocenters. The maximum atomic E-state index is 12.3. The smallest absolute Gasteiger partial charge is 0.254 e. The molecule has 1 aromatic carbocycles. The molecular formula is C21H29N5O2. The number of piperidine rings is 1. The lowest BCUT2D eigenvalue weighted by atomic mass is 9.97. The van der Waals surface area contributed by atoms with Crippen molar-refractivity contribution in [1.82, 2.24) is 20.0 Å². The van der Waals surface area contributed by atoms with Crippen molar-refractivity contribution in [2.24, 2.45) is 11.7 Å². The summed E-state index contributed by atoms with van der Waals surface area (Å²) in [5.74, 6) is -0.374. The van der Waals surface area contributed by atoms with Crippen molar-refractivity contribution in [3.05, 3.63) is 53.3 Å². The summed E-state index contributed by atoms with van der Waals surface area (Å²) < 4.78 is 1.79. The monoisotopic (exact) mass is 383 g/mol. The fourth-order valence-corrected chi connectivity index (χ4v) is 3.64. The van der Waals surface area contributed by atoms with Gasteiger partial charge >= 0.3 is 0 Å². The number of primary amides is 1. The Kier molecular flexibility index (Phi) is 6.81. The van der Waals surface area contributed by atoms with Crippen molar-refractivity contribution >= 4 is 11.8 Å². The molecule has 1 aromatic heterocycles. The number of nitrogens with zero attached hydrogens (tertiary/aromatic N) is 3. The summed E-state index contributed by atoms with van der Waals surface area (Å²) in [7, 11) is 0. The fraction of sp³-hybridized carbons (Fsp3) is 0.476. The van der Waals surface area contributed by atoms with Crippen molar-refractivity contribution in [2.45, 2.75) is 45.8 Å². The van der Waals surface area contributed by atoms with Gasteiger partial charge in [-0.1, -0.05) is 31.2 Å². The van der Waals surface area contributed by atoms with E-state index in [-0.39, 0.29) is 17.7 Å². The molecule has 28 heavy (non-hydrogen) atoms. The second-order valence-corrected chi connectivity index (χ2v) is 7.47. The van der Waals surface area contributed by atoms with Crippen LogP contribution in [0.2, 0.25) is 0 Å². The molecule has 1 unspecified atom stereocenters. The van der Waals surface area contributed by atoms with Crippen LogP contribution in [0.15, 0.2) is 36.7 Å². The van der Waals surface area contributed by atoms with Crippen molar-refractivity contribution in [2.75, 3.05) is 13.1 Å². The Labute approximate surface area is 165 Å². The lowest BCUT2D eigenvalue weighted by Gasteiger charge is -2.31. The molecule has 1 aliphatic rings. The first-order chi connectivity index (χ1) is 13.5. The van der Waals surface area contributed by atoms with Crippen molar-refractivity contribution in [3.63, 3.8) is 0 Å². The van der Waals surface area contributed by atoms with E-state index < -0.39 is 0 Å². The summed E-state index contributed by atoms with van der Waals surface area (Å²) in [5, 5.41) is 7.15. The van der Waals surface area contributed by atoms with Crippen LogP contribution in [0.3, 0.4) is 0 Å². The lowest BCUT2D eigenvalue weighted by molar-refractivity contribution is -0.123. The molecule has 1 saturated heterocycles. The van der Waals surface area contributed by atoms with Crippen LogP contribution in [0.4, 0.5) is 0 Å². The first kappa shape index (κ1) is 20.1. The molecule has 150 valence electrons. The third-order valence-corrected chi connectivity index (χ3v) is 5.11. The zero-order chi connectivity index (χ0) is 19.9. The fourth-order valence-electron chi connectivity index (χ4n) is 3.64. The van der Waals surface area contributed by atoms with Crippen LogP contribution in [0.5, 0.6) is 0 Å². The predicted octanol–water partition coefficient (Wildman–Crippen LogP) is 1.92. The molecule has 7 heteroatoms. The number of hydrogen-bond donors (Lipinski definition) is 2. The molecule has 2 amide bonds.